The van der Waals surface area contributed by atoms with Gasteiger partial charge in [0.05, 0.1) is 27.4 Å². The molecule has 0 aliphatic carbocycles. The molecule has 2 aromatic carbocycles. The highest BCUT2D eigenvalue weighted by Gasteiger charge is 2.31. The molecule has 0 spiro atoms. The van der Waals surface area contributed by atoms with Gasteiger partial charge in [0.15, 0.2) is 5.65 Å². The van der Waals surface area contributed by atoms with E-state index in [1.807, 2.05) is 78.1 Å². The van der Waals surface area contributed by atoms with E-state index in [4.69, 9.17) is 26.1 Å². The standard InChI is InChI=1S/C31H33ClN4O3S/c1-17-12-23-26(40-28(35-23)20-13-19-16-34-36-27(19)33-15-20)25(18-8-10-21(32)11-9-18)22(17)14-24(39-31(5,6)7)38-29(37)30(2,3)4/h8-13,15-16,24H,14H2,1-7H3,(H,33,34,36). The molecule has 0 radical (unpaired) electrons. The van der Waals surface area contributed by atoms with E-state index in [9.17, 15) is 4.79 Å². The second-order valence-corrected chi connectivity index (χ2v) is 13.4. The van der Waals surface area contributed by atoms with E-state index in [0.29, 0.717) is 11.4 Å². The van der Waals surface area contributed by atoms with Crippen LogP contribution in [0.25, 0.3) is 42.9 Å². The van der Waals surface area contributed by atoms with Crippen LogP contribution >= 0.6 is 22.9 Å². The van der Waals surface area contributed by atoms with Gasteiger partial charge in [0.2, 0.25) is 6.29 Å². The SMILES string of the molecule is Cc1cc2nc(-c3cnc4[nH]ncc4c3)sc2c(-c2ccc(Cl)cc2)c1CC(OC(=O)C(C)(C)C)OC(C)(C)C. The van der Waals surface area contributed by atoms with Crippen LogP contribution in [0, 0.1) is 12.3 Å². The molecule has 5 aromatic rings. The second kappa shape index (κ2) is 10.6. The molecule has 0 bridgehead atoms. The molecule has 1 atom stereocenters. The summed E-state index contributed by atoms with van der Waals surface area (Å²) in [6.45, 7) is 13.5. The Kier molecular flexibility index (Phi) is 7.46. The summed E-state index contributed by atoms with van der Waals surface area (Å²) in [6, 6.07) is 11.9. The number of carbonyl (C=O) groups is 1. The van der Waals surface area contributed by atoms with Crippen LogP contribution in [0.15, 0.2) is 48.8 Å². The maximum atomic E-state index is 12.9. The maximum absolute atomic E-state index is 12.9. The number of aromatic amines is 1. The van der Waals surface area contributed by atoms with Crippen molar-refractivity contribution in [3.05, 3.63) is 64.9 Å². The molecule has 0 aliphatic rings. The van der Waals surface area contributed by atoms with E-state index >= 15 is 0 Å². The summed E-state index contributed by atoms with van der Waals surface area (Å²) in [5.41, 5.74) is 5.47. The number of hydrogen-bond donors (Lipinski definition) is 1. The lowest BCUT2D eigenvalue weighted by Gasteiger charge is -2.30. The third-order valence-corrected chi connectivity index (χ3v) is 7.78. The van der Waals surface area contributed by atoms with Crippen LogP contribution in [-0.4, -0.2) is 38.0 Å². The molecule has 9 heteroatoms. The highest BCUT2D eigenvalue weighted by molar-refractivity contribution is 7.22. The first-order valence-electron chi connectivity index (χ1n) is 13.2. The minimum Gasteiger partial charge on any atom is -0.435 e. The number of ether oxygens (including phenoxy) is 2. The van der Waals surface area contributed by atoms with Crippen LogP contribution in [0.2, 0.25) is 5.02 Å². The van der Waals surface area contributed by atoms with E-state index in [1.54, 1.807) is 17.5 Å². The minimum atomic E-state index is -0.769. The van der Waals surface area contributed by atoms with Crippen molar-refractivity contribution in [3.63, 3.8) is 0 Å². The summed E-state index contributed by atoms with van der Waals surface area (Å²) in [6.07, 6.45) is 3.19. The summed E-state index contributed by atoms with van der Waals surface area (Å²) in [7, 11) is 0. The largest absolute Gasteiger partial charge is 0.435 e. The molecule has 0 aliphatic heterocycles. The number of aromatic nitrogens is 4. The fraction of sp³-hybridized carbons (Fsp3) is 0.355. The summed E-state index contributed by atoms with van der Waals surface area (Å²) in [4.78, 5) is 22.4. The number of nitrogens with zero attached hydrogens (tertiary/aromatic N) is 3. The third kappa shape index (κ3) is 6.04. The molecule has 1 unspecified atom stereocenters. The first-order valence-corrected chi connectivity index (χ1v) is 14.4. The number of nitrogens with one attached hydrogen (secondary N) is 1. The zero-order valence-corrected chi connectivity index (χ0v) is 25.3. The van der Waals surface area contributed by atoms with Crippen LogP contribution in [0.4, 0.5) is 0 Å². The number of esters is 1. The number of fused-ring (bicyclic) bond motifs is 2. The van der Waals surface area contributed by atoms with E-state index in [-0.39, 0.29) is 5.97 Å². The van der Waals surface area contributed by atoms with Gasteiger partial charge >= 0.3 is 5.97 Å². The highest BCUT2D eigenvalue weighted by atomic mass is 35.5. The molecule has 0 amide bonds. The number of carbonyl (C=O) groups excluding carboxylic acids is 1. The van der Waals surface area contributed by atoms with Crippen molar-refractivity contribution < 1.29 is 14.3 Å². The molecular formula is C31H33ClN4O3S. The van der Waals surface area contributed by atoms with E-state index in [1.165, 1.54) is 0 Å². The number of thiazole rings is 1. The quantitative estimate of drug-likeness (QED) is 0.162. The van der Waals surface area contributed by atoms with Crippen molar-refractivity contribution in [3.8, 4) is 21.7 Å². The zero-order valence-electron chi connectivity index (χ0n) is 23.8. The Labute approximate surface area is 242 Å². The zero-order chi connectivity index (χ0) is 28.8. The van der Waals surface area contributed by atoms with Gasteiger partial charge in [0, 0.05) is 34.2 Å². The van der Waals surface area contributed by atoms with Crippen LogP contribution in [0.3, 0.4) is 0 Å². The van der Waals surface area contributed by atoms with Gasteiger partial charge < -0.3 is 9.47 Å². The van der Waals surface area contributed by atoms with Crippen molar-refractivity contribution in [1.82, 2.24) is 20.2 Å². The lowest BCUT2D eigenvalue weighted by Crippen LogP contribution is -2.36. The fourth-order valence-corrected chi connectivity index (χ4v) is 5.71. The summed E-state index contributed by atoms with van der Waals surface area (Å²) < 4.78 is 13.3. The molecule has 0 saturated carbocycles. The van der Waals surface area contributed by atoms with Gasteiger partial charge in [-0.2, -0.15) is 5.10 Å². The maximum Gasteiger partial charge on any atom is 0.313 e. The van der Waals surface area contributed by atoms with E-state index < -0.39 is 17.3 Å². The van der Waals surface area contributed by atoms with Crippen molar-refractivity contribution >= 4 is 50.2 Å². The normalized spacial score (nSPS) is 13.2. The van der Waals surface area contributed by atoms with Crippen molar-refractivity contribution in [1.29, 1.82) is 0 Å². The molecule has 0 fully saturated rings. The third-order valence-electron chi connectivity index (χ3n) is 6.39. The van der Waals surface area contributed by atoms with Crippen molar-refractivity contribution in [2.24, 2.45) is 5.41 Å². The van der Waals surface area contributed by atoms with Crippen LogP contribution in [0.1, 0.15) is 52.7 Å². The lowest BCUT2D eigenvalue weighted by atomic mass is 9.92. The number of aryl methyl sites for hydroxylation is 1. The molecule has 1 N–H and O–H groups in total. The van der Waals surface area contributed by atoms with Crippen LogP contribution in [0.5, 0.6) is 0 Å². The van der Waals surface area contributed by atoms with Gasteiger partial charge in [0.25, 0.3) is 0 Å². The molecule has 208 valence electrons. The molecule has 3 aromatic heterocycles. The molecule has 40 heavy (non-hydrogen) atoms. The Balaban J connectivity index is 1.66. The summed E-state index contributed by atoms with van der Waals surface area (Å²) >= 11 is 7.87. The van der Waals surface area contributed by atoms with Crippen molar-refractivity contribution in [2.45, 2.75) is 66.8 Å². The number of rotatable bonds is 6. The first kappa shape index (κ1) is 28.2. The molecule has 3 heterocycles. The Morgan fingerprint density at radius 2 is 1.77 bits per heavy atom. The number of hydrogen-bond acceptors (Lipinski definition) is 7. The topological polar surface area (TPSA) is 90.0 Å². The number of halogens is 1. The Bertz CT molecular complexity index is 1690. The van der Waals surface area contributed by atoms with E-state index in [0.717, 1.165) is 54.1 Å². The molecule has 5 rings (SSSR count). The average Bonchev–Trinajstić information content (AvgIpc) is 3.50. The Hall–Kier alpha value is -3.33. The van der Waals surface area contributed by atoms with Gasteiger partial charge in [-0.3, -0.25) is 9.89 Å². The summed E-state index contributed by atoms with van der Waals surface area (Å²) in [5.74, 6) is -0.310. The number of benzene rings is 2. The molecule has 0 saturated heterocycles. The highest BCUT2D eigenvalue weighted by Crippen LogP contribution is 2.42. The van der Waals surface area contributed by atoms with Gasteiger partial charge in [-0.25, -0.2) is 9.97 Å². The fourth-order valence-electron chi connectivity index (χ4n) is 4.46. The number of pyridine rings is 1. The van der Waals surface area contributed by atoms with Crippen LogP contribution in [-0.2, 0) is 20.7 Å². The second-order valence-electron chi connectivity index (χ2n) is 12.0. The first-order chi connectivity index (χ1) is 18.8. The lowest BCUT2D eigenvalue weighted by molar-refractivity contribution is -0.209. The van der Waals surface area contributed by atoms with E-state index in [2.05, 4.69) is 28.2 Å². The van der Waals surface area contributed by atoms with Gasteiger partial charge in [-0.15, -0.1) is 11.3 Å². The number of H-pyrrole nitrogens is 1. The van der Waals surface area contributed by atoms with Crippen molar-refractivity contribution in [2.75, 3.05) is 0 Å². The van der Waals surface area contributed by atoms with Crippen LogP contribution < -0.4 is 0 Å². The molecular weight excluding hydrogens is 544 g/mol. The molecule has 7 nitrogen and oxygen atoms in total. The Morgan fingerprint density at radius 3 is 2.45 bits per heavy atom. The smallest absolute Gasteiger partial charge is 0.313 e. The van der Waals surface area contributed by atoms with Gasteiger partial charge in [0.1, 0.15) is 5.01 Å². The predicted molar refractivity (Wildman–Crippen MR) is 162 cm³/mol. The average molecular weight is 577 g/mol. The summed E-state index contributed by atoms with van der Waals surface area (Å²) in [5, 5.41) is 9.43. The minimum absolute atomic E-state index is 0.310. The van der Waals surface area contributed by atoms with Gasteiger partial charge in [-0.05, 0) is 89.4 Å². The monoisotopic (exact) mass is 576 g/mol. The van der Waals surface area contributed by atoms with Gasteiger partial charge in [-0.1, -0.05) is 23.7 Å². The Morgan fingerprint density at radius 1 is 1.05 bits per heavy atom. The predicted octanol–water partition coefficient (Wildman–Crippen LogP) is 8.14.